The zero-order valence-electron chi connectivity index (χ0n) is 13.5. The molecule has 0 aliphatic heterocycles. The summed E-state index contributed by atoms with van der Waals surface area (Å²) in [4.78, 5) is 8.94. The van der Waals surface area contributed by atoms with Gasteiger partial charge in [-0.15, -0.1) is 0 Å². The third-order valence-electron chi connectivity index (χ3n) is 3.92. The predicted octanol–water partition coefficient (Wildman–Crippen LogP) is 2.66. The van der Waals surface area contributed by atoms with Crippen molar-refractivity contribution in [2.75, 3.05) is 5.32 Å². The van der Waals surface area contributed by atoms with Crippen LogP contribution in [0.15, 0.2) is 49.1 Å². The highest BCUT2D eigenvalue weighted by Crippen LogP contribution is 2.17. The molecule has 3 heterocycles. The molecular formula is C17H17N7. The monoisotopic (exact) mass is 319 g/mol. The van der Waals surface area contributed by atoms with E-state index in [1.54, 1.807) is 23.3 Å². The third-order valence-corrected chi connectivity index (χ3v) is 3.92. The van der Waals surface area contributed by atoms with Gasteiger partial charge in [0.05, 0.1) is 30.0 Å². The van der Waals surface area contributed by atoms with Gasteiger partial charge < -0.3 is 5.32 Å². The highest BCUT2D eigenvalue weighted by atomic mass is 15.3. The van der Waals surface area contributed by atoms with Gasteiger partial charge in [0, 0.05) is 19.4 Å². The lowest BCUT2D eigenvalue weighted by atomic mass is 10.1. The Kier molecular flexibility index (Phi) is 3.45. The quantitative estimate of drug-likeness (QED) is 0.626. The van der Waals surface area contributed by atoms with Crippen LogP contribution in [0, 0.1) is 6.92 Å². The fourth-order valence-electron chi connectivity index (χ4n) is 2.61. The number of aromatic nitrogens is 6. The molecule has 1 N–H and O–H groups in total. The average Bonchev–Trinajstić information content (AvgIpc) is 3.16. The van der Waals surface area contributed by atoms with Crippen LogP contribution in [0.1, 0.15) is 11.1 Å². The van der Waals surface area contributed by atoms with Crippen molar-refractivity contribution in [1.82, 2.24) is 29.5 Å². The standard InChI is InChI=1S/C17H17N7/c1-12-5-3-4-6-13(12)10-24-16-14(8-20-24)7-18-17(22-16)21-15-9-19-23(2)11-15/h3-9,11H,10H2,1-2H3,(H,18,21,22). The molecule has 0 bridgehead atoms. The molecule has 24 heavy (non-hydrogen) atoms. The Bertz CT molecular complexity index is 999. The summed E-state index contributed by atoms with van der Waals surface area (Å²) in [5.41, 5.74) is 4.12. The van der Waals surface area contributed by atoms with E-state index in [4.69, 9.17) is 0 Å². The molecule has 7 heteroatoms. The van der Waals surface area contributed by atoms with Crippen molar-refractivity contribution >= 4 is 22.7 Å². The van der Waals surface area contributed by atoms with Crippen LogP contribution in [-0.4, -0.2) is 29.5 Å². The molecule has 0 radical (unpaired) electrons. The maximum Gasteiger partial charge on any atom is 0.229 e. The number of benzene rings is 1. The van der Waals surface area contributed by atoms with Gasteiger partial charge in [-0.25, -0.2) is 9.67 Å². The largest absolute Gasteiger partial charge is 0.321 e. The van der Waals surface area contributed by atoms with Crippen LogP contribution < -0.4 is 5.32 Å². The Labute approximate surface area is 139 Å². The summed E-state index contributed by atoms with van der Waals surface area (Å²) in [7, 11) is 1.87. The lowest BCUT2D eigenvalue weighted by Gasteiger charge is -2.07. The number of hydrogen-bond donors (Lipinski definition) is 1. The number of nitrogens with zero attached hydrogens (tertiary/aromatic N) is 6. The third kappa shape index (κ3) is 2.71. The van der Waals surface area contributed by atoms with Crippen LogP contribution in [0.5, 0.6) is 0 Å². The van der Waals surface area contributed by atoms with E-state index in [0.717, 1.165) is 16.7 Å². The normalized spacial score (nSPS) is 11.1. The Morgan fingerprint density at radius 3 is 2.75 bits per heavy atom. The average molecular weight is 319 g/mol. The molecule has 7 nitrogen and oxygen atoms in total. The van der Waals surface area contributed by atoms with Crippen LogP contribution in [-0.2, 0) is 13.6 Å². The Morgan fingerprint density at radius 1 is 1.08 bits per heavy atom. The first-order valence-corrected chi connectivity index (χ1v) is 7.68. The fourth-order valence-corrected chi connectivity index (χ4v) is 2.61. The Hall–Kier alpha value is -3.22. The van der Waals surface area contributed by atoms with Gasteiger partial charge in [-0.3, -0.25) is 4.68 Å². The van der Waals surface area contributed by atoms with E-state index in [0.29, 0.717) is 12.5 Å². The molecule has 4 aromatic rings. The summed E-state index contributed by atoms with van der Waals surface area (Å²) in [6.07, 6.45) is 7.18. The maximum absolute atomic E-state index is 4.61. The molecule has 1 aromatic carbocycles. The van der Waals surface area contributed by atoms with Crippen LogP contribution >= 0.6 is 0 Å². The Morgan fingerprint density at radius 2 is 1.96 bits per heavy atom. The van der Waals surface area contributed by atoms with Crippen molar-refractivity contribution in [3.63, 3.8) is 0 Å². The van der Waals surface area contributed by atoms with Crippen molar-refractivity contribution in [2.45, 2.75) is 13.5 Å². The lowest BCUT2D eigenvalue weighted by Crippen LogP contribution is -2.05. The predicted molar refractivity (Wildman–Crippen MR) is 92.1 cm³/mol. The zero-order valence-corrected chi connectivity index (χ0v) is 13.5. The van der Waals surface area contributed by atoms with E-state index >= 15 is 0 Å². The molecule has 0 aliphatic rings. The number of nitrogens with one attached hydrogen (secondary N) is 1. The van der Waals surface area contributed by atoms with Gasteiger partial charge in [-0.2, -0.15) is 15.2 Å². The maximum atomic E-state index is 4.61. The Balaban J connectivity index is 1.67. The van der Waals surface area contributed by atoms with Gasteiger partial charge in [-0.05, 0) is 18.1 Å². The molecule has 0 unspecified atom stereocenters. The molecule has 120 valence electrons. The van der Waals surface area contributed by atoms with E-state index in [2.05, 4.69) is 44.5 Å². The van der Waals surface area contributed by atoms with Crippen LogP contribution in [0.4, 0.5) is 11.6 Å². The summed E-state index contributed by atoms with van der Waals surface area (Å²) in [5, 5.41) is 12.7. The van der Waals surface area contributed by atoms with Gasteiger partial charge in [0.25, 0.3) is 0 Å². The summed E-state index contributed by atoms with van der Waals surface area (Å²) in [6.45, 7) is 2.78. The van der Waals surface area contributed by atoms with E-state index in [1.165, 1.54) is 11.1 Å². The van der Waals surface area contributed by atoms with E-state index in [9.17, 15) is 0 Å². The second kappa shape index (κ2) is 5.77. The molecule has 0 fully saturated rings. The summed E-state index contributed by atoms with van der Waals surface area (Å²) in [6, 6.07) is 8.29. The van der Waals surface area contributed by atoms with Crippen LogP contribution in [0.25, 0.3) is 11.0 Å². The minimum atomic E-state index is 0.530. The zero-order chi connectivity index (χ0) is 16.5. The minimum absolute atomic E-state index is 0.530. The van der Waals surface area contributed by atoms with E-state index < -0.39 is 0 Å². The highest BCUT2D eigenvalue weighted by Gasteiger charge is 2.09. The van der Waals surface area contributed by atoms with Crippen molar-refractivity contribution in [1.29, 1.82) is 0 Å². The number of hydrogen-bond acceptors (Lipinski definition) is 5. The van der Waals surface area contributed by atoms with Crippen LogP contribution in [0.2, 0.25) is 0 Å². The van der Waals surface area contributed by atoms with Gasteiger partial charge in [0.2, 0.25) is 5.95 Å². The molecule has 0 saturated heterocycles. The fraction of sp³-hybridized carbons (Fsp3) is 0.176. The molecule has 3 aromatic heterocycles. The lowest BCUT2D eigenvalue weighted by molar-refractivity contribution is 0.701. The van der Waals surface area contributed by atoms with Gasteiger partial charge in [0.15, 0.2) is 5.65 Å². The van der Waals surface area contributed by atoms with Crippen molar-refractivity contribution in [3.05, 3.63) is 60.2 Å². The van der Waals surface area contributed by atoms with Crippen LogP contribution in [0.3, 0.4) is 0 Å². The minimum Gasteiger partial charge on any atom is -0.321 e. The van der Waals surface area contributed by atoms with Crippen molar-refractivity contribution in [2.24, 2.45) is 7.05 Å². The molecule has 0 saturated carbocycles. The van der Waals surface area contributed by atoms with Gasteiger partial charge >= 0.3 is 0 Å². The first-order chi connectivity index (χ1) is 11.7. The first-order valence-electron chi connectivity index (χ1n) is 7.68. The second-order valence-corrected chi connectivity index (χ2v) is 5.73. The summed E-state index contributed by atoms with van der Waals surface area (Å²) < 4.78 is 3.62. The van der Waals surface area contributed by atoms with Crippen molar-refractivity contribution < 1.29 is 0 Å². The molecule has 0 aliphatic carbocycles. The first kappa shape index (κ1) is 14.4. The molecule has 4 rings (SSSR count). The molecular weight excluding hydrogens is 302 g/mol. The topological polar surface area (TPSA) is 73.5 Å². The molecule has 0 spiro atoms. The number of rotatable bonds is 4. The van der Waals surface area contributed by atoms with Gasteiger partial charge in [-0.1, -0.05) is 24.3 Å². The molecule has 0 atom stereocenters. The summed E-state index contributed by atoms with van der Waals surface area (Å²) in [5.74, 6) is 0.530. The van der Waals surface area contributed by atoms with E-state index in [-0.39, 0.29) is 0 Å². The van der Waals surface area contributed by atoms with Crippen molar-refractivity contribution in [3.8, 4) is 0 Å². The second-order valence-electron chi connectivity index (χ2n) is 5.73. The highest BCUT2D eigenvalue weighted by molar-refractivity contribution is 5.75. The van der Waals surface area contributed by atoms with Gasteiger partial charge in [0.1, 0.15) is 0 Å². The summed E-state index contributed by atoms with van der Waals surface area (Å²) >= 11 is 0. The van der Waals surface area contributed by atoms with E-state index in [1.807, 2.05) is 30.1 Å². The number of aryl methyl sites for hydroxylation is 2. The number of fused-ring (bicyclic) bond motifs is 1. The SMILES string of the molecule is Cc1ccccc1Cn1ncc2cnc(Nc3cnn(C)c3)nc21. The smallest absolute Gasteiger partial charge is 0.229 e. The number of anilines is 2. The molecule has 0 amide bonds.